The quantitative estimate of drug-likeness (QED) is 0.807. The molecule has 1 saturated heterocycles. The maximum absolute atomic E-state index is 12.6. The Kier molecular flexibility index (Phi) is 3.84. The van der Waals surface area contributed by atoms with Crippen LogP contribution in [0.4, 0.5) is 0 Å². The molecule has 0 unspecified atom stereocenters. The summed E-state index contributed by atoms with van der Waals surface area (Å²) in [6.07, 6.45) is 1.63. The highest BCUT2D eigenvalue weighted by Crippen LogP contribution is 2.25. The SMILES string of the molecule is O=C(c1ccc2c(c1)C(=O)N(CCc1ccccc1)C2=O)N1CCC1. The Morgan fingerprint density at radius 3 is 2.32 bits per heavy atom. The van der Waals surface area contributed by atoms with Gasteiger partial charge in [-0.05, 0) is 36.6 Å². The lowest BCUT2D eigenvalue weighted by Crippen LogP contribution is -2.42. The first-order chi connectivity index (χ1) is 12.1. The smallest absolute Gasteiger partial charge is 0.261 e. The van der Waals surface area contributed by atoms with Crippen molar-refractivity contribution >= 4 is 17.7 Å². The minimum absolute atomic E-state index is 0.0722. The van der Waals surface area contributed by atoms with Gasteiger partial charge in [-0.25, -0.2) is 0 Å². The van der Waals surface area contributed by atoms with E-state index >= 15 is 0 Å². The number of likely N-dealkylation sites (tertiary alicyclic amines) is 1. The van der Waals surface area contributed by atoms with E-state index in [4.69, 9.17) is 0 Å². The molecule has 0 radical (unpaired) electrons. The van der Waals surface area contributed by atoms with Gasteiger partial charge in [0, 0.05) is 25.2 Å². The fourth-order valence-corrected chi connectivity index (χ4v) is 3.21. The van der Waals surface area contributed by atoms with E-state index in [1.807, 2.05) is 30.3 Å². The maximum atomic E-state index is 12.6. The molecule has 0 N–H and O–H groups in total. The third kappa shape index (κ3) is 2.71. The van der Waals surface area contributed by atoms with Gasteiger partial charge in [0.2, 0.25) is 0 Å². The number of nitrogens with zero attached hydrogens (tertiary/aromatic N) is 2. The zero-order chi connectivity index (χ0) is 17.4. The Morgan fingerprint density at radius 1 is 0.920 bits per heavy atom. The minimum atomic E-state index is -0.311. The van der Waals surface area contributed by atoms with Crippen molar-refractivity contribution in [2.75, 3.05) is 19.6 Å². The Bertz CT molecular complexity index is 856. The number of benzene rings is 2. The van der Waals surface area contributed by atoms with Crippen LogP contribution in [-0.4, -0.2) is 47.2 Å². The van der Waals surface area contributed by atoms with Crippen molar-refractivity contribution in [1.82, 2.24) is 9.80 Å². The van der Waals surface area contributed by atoms with Gasteiger partial charge >= 0.3 is 0 Å². The van der Waals surface area contributed by atoms with Crippen LogP contribution in [0.5, 0.6) is 0 Å². The van der Waals surface area contributed by atoms with E-state index in [9.17, 15) is 14.4 Å². The number of fused-ring (bicyclic) bond motifs is 1. The van der Waals surface area contributed by atoms with Crippen LogP contribution in [0.15, 0.2) is 48.5 Å². The van der Waals surface area contributed by atoms with Crippen molar-refractivity contribution < 1.29 is 14.4 Å². The van der Waals surface area contributed by atoms with Gasteiger partial charge in [-0.1, -0.05) is 30.3 Å². The van der Waals surface area contributed by atoms with Gasteiger partial charge in [0.1, 0.15) is 0 Å². The van der Waals surface area contributed by atoms with Gasteiger partial charge in [0.05, 0.1) is 11.1 Å². The molecule has 3 amide bonds. The van der Waals surface area contributed by atoms with Crippen LogP contribution in [0, 0.1) is 0 Å². The average molecular weight is 334 g/mol. The predicted octanol–water partition coefficient (Wildman–Crippen LogP) is 2.37. The molecule has 0 aliphatic carbocycles. The predicted molar refractivity (Wildman–Crippen MR) is 92.5 cm³/mol. The van der Waals surface area contributed by atoms with Gasteiger partial charge < -0.3 is 4.90 Å². The number of carbonyl (C=O) groups excluding carboxylic acids is 3. The molecule has 2 aromatic rings. The van der Waals surface area contributed by atoms with Crippen LogP contribution in [0.25, 0.3) is 0 Å². The molecule has 2 aromatic carbocycles. The maximum Gasteiger partial charge on any atom is 0.261 e. The highest BCUT2D eigenvalue weighted by Gasteiger charge is 2.36. The summed E-state index contributed by atoms with van der Waals surface area (Å²) in [5, 5.41) is 0. The van der Waals surface area contributed by atoms with E-state index in [1.165, 1.54) is 4.90 Å². The lowest BCUT2D eigenvalue weighted by atomic mass is 10.0. The summed E-state index contributed by atoms with van der Waals surface area (Å²) in [6.45, 7) is 1.85. The van der Waals surface area contributed by atoms with Gasteiger partial charge in [0.25, 0.3) is 17.7 Å². The molecule has 0 spiro atoms. The number of hydrogen-bond acceptors (Lipinski definition) is 3. The molecule has 0 atom stereocenters. The first kappa shape index (κ1) is 15.6. The minimum Gasteiger partial charge on any atom is -0.339 e. The fourth-order valence-electron chi connectivity index (χ4n) is 3.21. The summed E-state index contributed by atoms with van der Waals surface area (Å²) in [6, 6.07) is 14.6. The Hall–Kier alpha value is -2.95. The summed E-state index contributed by atoms with van der Waals surface area (Å²) < 4.78 is 0. The van der Waals surface area contributed by atoms with E-state index < -0.39 is 0 Å². The topological polar surface area (TPSA) is 57.7 Å². The number of rotatable bonds is 4. The summed E-state index contributed by atoms with van der Waals surface area (Å²) in [4.78, 5) is 40.5. The summed E-state index contributed by atoms with van der Waals surface area (Å²) >= 11 is 0. The Labute approximate surface area is 145 Å². The van der Waals surface area contributed by atoms with Crippen molar-refractivity contribution in [3.8, 4) is 0 Å². The van der Waals surface area contributed by atoms with Gasteiger partial charge in [-0.15, -0.1) is 0 Å². The van der Waals surface area contributed by atoms with E-state index in [1.54, 1.807) is 23.1 Å². The average Bonchev–Trinajstić information content (AvgIpc) is 2.83. The summed E-state index contributed by atoms with van der Waals surface area (Å²) in [7, 11) is 0. The normalized spacial score (nSPS) is 16.0. The summed E-state index contributed by atoms with van der Waals surface area (Å²) in [5.41, 5.74) is 2.28. The molecule has 5 nitrogen and oxygen atoms in total. The van der Waals surface area contributed by atoms with Crippen molar-refractivity contribution in [3.05, 3.63) is 70.8 Å². The Morgan fingerprint density at radius 2 is 1.64 bits per heavy atom. The largest absolute Gasteiger partial charge is 0.339 e. The third-order valence-corrected chi connectivity index (χ3v) is 4.83. The molecular formula is C20H18N2O3. The van der Waals surface area contributed by atoms with E-state index in [0.717, 1.165) is 25.1 Å². The van der Waals surface area contributed by atoms with Crippen LogP contribution in [0.2, 0.25) is 0 Å². The number of amides is 3. The van der Waals surface area contributed by atoms with Crippen LogP contribution >= 0.6 is 0 Å². The second-order valence-corrected chi connectivity index (χ2v) is 6.40. The molecule has 0 aromatic heterocycles. The molecular weight excluding hydrogens is 316 g/mol. The fraction of sp³-hybridized carbons (Fsp3) is 0.250. The van der Waals surface area contributed by atoms with E-state index in [2.05, 4.69) is 0 Å². The van der Waals surface area contributed by atoms with Gasteiger partial charge in [-0.3, -0.25) is 19.3 Å². The third-order valence-electron chi connectivity index (χ3n) is 4.83. The van der Waals surface area contributed by atoms with E-state index in [-0.39, 0.29) is 17.7 Å². The highest BCUT2D eigenvalue weighted by molar-refractivity contribution is 6.22. The molecule has 4 rings (SSSR count). The van der Waals surface area contributed by atoms with Crippen LogP contribution in [0.3, 0.4) is 0 Å². The first-order valence-corrected chi connectivity index (χ1v) is 8.48. The number of imide groups is 1. The zero-order valence-corrected chi connectivity index (χ0v) is 13.8. The monoisotopic (exact) mass is 334 g/mol. The van der Waals surface area contributed by atoms with E-state index in [0.29, 0.717) is 29.7 Å². The lowest BCUT2D eigenvalue weighted by Gasteiger charge is -2.30. The second-order valence-electron chi connectivity index (χ2n) is 6.40. The molecule has 0 saturated carbocycles. The van der Waals surface area contributed by atoms with Crippen molar-refractivity contribution in [3.63, 3.8) is 0 Å². The van der Waals surface area contributed by atoms with Crippen molar-refractivity contribution in [2.24, 2.45) is 0 Å². The van der Waals surface area contributed by atoms with Crippen LogP contribution < -0.4 is 0 Å². The Balaban J connectivity index is 1.53. The molecule has 2 aliphatic rings. The number of carbonyl (C=O) groups is 3. The van der Waals surface area contributed by atoms with Crippen molar-refractivity contribution in [1.29, 1.82) is 0 Å². The molecule has 126 valence electrons. The first-order valence-electron chi connectivity index (χ1n) is 8.48. The highest BCUT2D eigenvalue weighted by atomic mass is 16.2. The number of hydrogen-bond donors (Lipinski definition) is 0. The zero-order valence-electron chi connectivity index (χ0n) is 13.8. The second kappa shape index (κ2) is 6.16. The molecule has 2 heterocycles. The van der Waals surface area contributed by atoms with Crippen LogP contribution in [-0.2, 0) is 6.42 Å². The van der Waals surface area contributed by atoms with Gasteiger partial charge in [-0.2, -0.15) is 0 Å². The molecule has 25 heavy (non-hydrogen) atoms. The lowest BCUT2D eigenvalue weighted by molar-refractivity contribution is 0.0646. The molecule has 1 fully saturated rings. The summed E-state index contributed by atoms with van der Waals surface area (Å²) in [5.74, 6) is -0.662. The van der Waals surface area contributed by atoms with Crippen molar-refractivity contribution in [2.45, 2.75) is 12.8 Å². The molecule has 0 bridgehead atoms. The van der Waals surface area contributed by atoms with Crippen LogP contribution in [0.1, 0.15) is 43.1 Å². The molecule has 5 heteroatoms. The van der Waals surface area contributed by atoms with Gasteiger partial charge in [0.15, 0.2) is 0 Å². The molecule has 2 aliphatic heterocycles. The standard InChI is InChI=1S/C20H18N2O3/c23-18(21-10-4-11-21)15-7-8-16-17(13-15)20(25)22(19(16)24)12-9-14-5-2-1-3-6-14/h1-3,5-8,13H,4,9-12H2.